The van der Waals surface area contributed by atoms with Crippen LogP contribution < -0.4 is 10.9 Å². The van der Waals surface area contributed by atoms with Gasteiger partial charge in [0.15, 0.2) is 5.82 Å². The minimum absolute atomic E-state index is 0.0817. The fourth-order valence-electron chi connectivity index (χ4n) is 3.91. The minimum atomic E-state index is -3.53. The number of fused-ring (bicyclic) bond motifs is 1. The molecule has 0 spiro atoms. The molecule has 1 aliphatic heterocycles. The molecule has 0 unspecified atom stereocenters. The zero-order valence-electron chi connectivity index (χ0n) is 18.0. The Bertz CT molecular complexity index is 1280. The van der Waals surface area contributed by atoms with Crippen molar-refractivity contribution in [2.24, 2.45) is 10.9 Å². The number of aromatic nitrogens is 3. The highest BCUT2D eigenvalue weighted by Gasteiger charge is 2.30. The van der Waals surface area contributed by atoms with E-state index in [0.717, 1.165) is 10.7 Å². The molecule has 2 N–H and O–H groups in total. The third-order valence-electron chi connectivity index (χ3n) is 5.67. The maximum Gasteiger partial charge on any atom is 0.261 e. The van der Waals surface area contributed by atoms with Crippen molar-refractivity contribution in [2.45, 2.75) is 17.4 Å². The average molecular weight is 459 g/mol. The number of rotatable bonds is 7. The van der Waals surface area contributed by atoms with E-state index in [1.165, 1.54) is 26.2 Å². The largest absolute Gasteiger partial charge is 0.379 e. The van der Waals surface area contributed by atoms with Crippen LogP contribution in [0.1, 0.15) is 12.5 Å². The first-order valence-electron chi connectivity index (χ1n) is 10.2. The Morgan fingerprint density at radius 3 is 2.75 bits per heavy atom. The lowest BCUT2D eigenvalue weighted by Gasteiger charge is -2.31. The van der Waals surface area contributed by atoms with Crippen molar-refractivity contribution in [1.82, 2.24) is 19.1 Å². The summed E-state index contributed by atoms with van der Waals surface area (Å²) in [4.78, 5) is 19.6. The second-order valence-corrected chi connectivity index (χ2v) is 10.0. The van der Waals surface area contributed by atoms with Crippen molar-refractivity contribution < 1.29 is 13.2 Å². The summed E-state index contributed by atoms with van der Waals surface area (Å²) in [7, 11) is -0.561. The number of benzene rings is 1. The van der Waals surface area contributed by atoms with E-state index in [1.54, 1.807) is 18.3 Å². The lowest BCUT2D eigenvalue weighted by atomic mass is 9.95. The zero-order chi connectivity index (χ0) is 22.9. The fraction of sp³-hybridized carbons (Fsp3) is 0.381. The molecule has 3 heterocycles. The van der Waals surface area contributed by atoms with Gasteiger partial charge in [-0.25, -0.2) is 12.7 Å². The number of H-pyrrole nitrogens is 1. The number of nitrogens with zero attached hydrogens (tertiary/aromatic N) is 4. The van der Waals surface area contributed by atoms with Gasteiger partial charge in [0.25, 0.3) is 5.56 Å². The number of sulfonamides is 1. The Kier molecular flexibility index (Phi) is 6.13. The first-order chi connectivity index (χ1) is 15.3. The Morgan fingerprint density at radius 2 is 2.06 bits per heavy atom. The number of pyridine rings is 1. The molecule has 2 aromatic heterocycles. The van der Waals surface area contributed by atoms with Gasteiger partial charge in [0.1, 0.15) is 5.39 Å². The van der Waals surface area contributed by atoms with E-state index in [9.17, 15) is 13.2 Å². The maximum atomic E-state index is 12.7. The van der Waals surface area contributed by atoms with E-state index in [2.05, 4.69) is 22.0 Å². The highest BCUT2D eigenvalue weighted by Crippen LogP contribution is 2.32. The van der Waals surface area contributed by atoms with Crippen molar-refractivity contribution in [3.05, 3.63) is 46.9 Å². The van der Waals surface area contributed by atoms with E-state index < -0.39 is 10.0 Å². The highest BCUT2D eigenvalue weighted by atomic mass is 32.2. The molecule has 1 fully saturated rings. The van der Waals surface area contributed by atoms with Crippen molar-refractivity contribution in [3.8, 4) is 0 Å². The summed E-state index contributed by atoms with van der Waals surface area (Å²) in [6.07, 6.45) is 2.43. The van der Waals surface area contributed by atoms with Gasteiger partial charge in [-0.05, 0) is 43.5 Å². The second-order valence-electron chi connectivity index (χ2n) is 7.89. The smallest absolute Gasteiger partial charge is 0.261 e. The van der Waals surface area contributed by atoms with Gasteiger partial charge in [-0.1, -0.05) is 0 Å². The Morgan fingerprint density at radius 1 is 1.31 bits per heavy atom. The summed E-state index contributed by atoms with van der Waals surface area (Å²) in [5.74, 6) is 0.591. The topological polar surface area (TPSA) is 122 Å². The van der Waals surface area contributed by atoms with E-state index in [4.69, 9.17) is 9.84 Å². The highest BCUT2D eigenvalue weighted by molar-refractivity contribution is 7.89. The normalized spacial score (nSPS) is 19.3. The van der Waals surface area contributed by atoms with Gasteiger partial charge >= 0.3 is 0 Å². The molecular weight excluding hydrogens is 432 g/mol. The zero-order valence-corrected chi connectivity index (χ0v) is 18.8. The summed E-state index contributed by atoms with van der Waals surface area (Å²) in [6, 6.07) is 8.05. The summed E-state index contributed by atoms with van der Waals surface area (Å²) in [6.45, 7) is 5.34. The molecule has 1 aromatic carbocycles. The van der Waals surface area contributed by atoms with Crippen LogP contribution in [-0.2, 0) is 14.8 Å². The predicted molar refractivity (Wildman–Crippen MR) is 123 cm³/mol. The van der Waals surface area contributed by atoms with Crippen LogP contribution >= 0.6 is 0 Å². The molecule has 170 valence electrons. The third-order valence-corrected chi connectivity index (χ3v) is 7.50. The Hall–Kier alpha value is -3.02. The van der Waals surface area contributed by atoms with E-state index in [1.807, 2.05) is 10.7 Å². The van der Waals surface area contributed by atoms with Gasteiger partial charge in [0, 0.05) is 45.0 Å². The number of aliphatic imine (C=N–C) groups is 1. The van der Waals surface area contributed by atoms with E-state index >= 15 is 0 Å². The first-order valence-corrected chi connectivity index (χ1v) is 11.7. The average Bonchev–Trinajstić information content (AvgIpc) is 3.14. The predicted octanol–water partition coefficient (Wildman–Crippen LogP) is 2.00. The number of ether oxygens (including phenoxy) is 1. The van der Waals surface area contributed by atoms with Gasteiger partial charge in [-0.15, -0.1) is 0 Å². The number of hydrogen-bond acceptors (Lipinski definition) is 7. The van der Waals surface area contributed by atoms with Gasteiger partial charge in [0.2, 0.25) is 10.0 Å². The Balaban J connectivity index is 1.72. The molecule has 4 rings (SSSR count). The van der Waals surface area contributed by atoms with Crippen molar-refractivity contribution in [1.29, 1.82) is 0 Å². The molecule has 0 aliphatic carbocycles. The number of hydrogen-bond donors (Lipinski definition) is 2. The van der Waals surface area contributed by atoms with Crippen molar-refractivity contribution >= 4 is 39.1 Å². The summed E-state index contributed by atoms with van der Waals surface area (Å²) in [5, 5.41) is 8.31. The molecule has 0 radical (unpaired) electrons. The third kappa shape index (κ3) is 4.06. The quantitative estimate of drug-likeness (QED) is 0.522. The molecule has 0 amide bonds. The van der Waals surface area contributed by atoms with E-state index in [-0.39, 0.29) is 22.4 Å². The van der Waals surface area contributed by atoms with Gasteiger partial charge < -0.3 is 20.0 Å². The summed E-state index contributed by atoms with van der Waals surface area (Å²) in [5.41, 5.74) is 1.03. The second kappa shape index (κ2) is 8.85. The first kappa shape index (κ1) is 22.2. The van der Waals surface area contributed by atoms with Crippen LogP contribution in [0, 0.1) is 5.92 Å². The molecular formula is C21H26N6O4S. The number of anilines is 2. The van der Waals surface area contributed by atoms with Crippen LogP contribution in [0.5, 0.6) is 0 Å². The monoisotopic (exact) mass is 458 g/mol. The standard InChI is InChI=1S/C21H26N6O4S/c1-22-12-14-9-11-31-13-18(14)27-17-8-10-23-21(28)19(17)20(25-27)24-15-4-6-16(7-5-15)32(29,30)26(2)3/h4-8,10,14,18H,1,9,11-13H2,2-3H3,(H,23,28)(H,24,25)/t14-,18+/m1/s1. The van der Waals surface area contributed by atoms with Crippen molar-refractivity contribution in [3.63, 3.8) is 0 Å². The van der Waals surface area contributed by atoms with Crippen LogP contribution in [0.15, 0.2) is 51.2 Å². The molecule has 3 aromatic rings. The van der Waals surface area contributed by atoms with E-state index in [0.29, 0.717) is 42.2 Å². The summed E-state index contributed by atoms with van der Waals surface area (Å²) < 4.78 is 33.3. The fourth-order valence-corrected chi connectivity index (χ4v) is 4.82. The van der Waals surface area contributed by atoms with Gasteiger partial charge in [0.05, 0.1) is 23.1 Å². The van der Waals surface area contributed by atoms with Gasteiger partial charge in [-0.3, -0.25) is 9.48 Å². The SMILES string of the molecule is C=NC[C@H]1CCOC[C@@H]1n1nc(Nc2ccc(S(=O)(=O)N(C)C)cc2)c2c(=O)[nH]ccc21. The lowest BCUT2D eigenvalue weighted by Crippen LogP contribution is -2.32. The molecule has 0 saturated carbocycles. The molecule has 11 heteroatoms. The van der Waals surface area contributed by atoms with Crippen LogP contribution in [0.2, 0.25) is 0 Å². The molecule has 1 saturated heterocycles. The molecule has 10 nitrogen and oxygen atoms in total. The van der Waals surface area contributed by atoms with Gasteiger partial charge in [-0.2, -0.15) is 5.10 Å². The molecule has 32 heavy (non-hydrogen) atoms. The maximum absolute atomic E-state index is 12.7. The van der Waals surface area contributed by atoms with Crippen LogP contribution in [0.4, 0.5) is 11.5 Å². The molecule has 1 aliphatic rings. The van der Waals surface area contributed by atoms with Crippen LogP contribution in [0.25, 0.3) is 10.9 Å². The van der Waals surface area contributed by atoms with Crippen LogP contribution in [0.3, 0.4) is 0 Å². The van der Waals surface area contributed by atoms with Crippen LogP contribution in [-0.4, -0.2) is 68.1 Å². The Labute approximate surface area is 186 Å². The lowest BCUT2D eigenvalue weighted by molar-refractivity contribution is 0.0227. The number of aromatic amines is 1. The molecule has 2 atom stereocenters. The van der Waals surface area contributed by atoms with Crippen molar-refractivity contribution in [2.75, 3.05) is 39.2 Å². The summed E-state index contributed by atoms with van der Waals surface area (Å²) >= 11 is 0. The molecule has 0 bridgehead atoms. The minimum Gasteiger partial charge on any atom is -0.379 e. The number of nitrogens with one attached hydrogen (secondary N) is 2.